The molecule has 2 aromatic heterocycles. The Kier molecular flexibility index (Phi) is 5.05. The summed E-state index contributed by atoms with van der Waals surface area (Å²) in [7, 11) is 0. The van der Waals surface area contributed by atoms with E-state index in [2.05, 4.69) is 76.0 Å². The first kappa shape index (κ1) is 18.5. The summed E-state index contributed by atoms with van der Waals surface area (Å²) in [5.41, 5.74) is -0.224. The standard InChI is InChI=1S/C16H32N8/c1-13(2)23-17-11-21(19-23)15(5,6)9-10-16(7,8)22-12-18-24(20-22)14(3)4/h11-14H,9-10H2,1-8H3/q+2. The maximum absolute atomic E-state index is 4.57. The molecule has 24 heavy (non-hydrogen) atoms. The molecule has 0 fully saturated rings. The Balaban J connectivity index is 2.08. The highest BCUT2D eigenvalue weighted by Gasteiger charge is 2.34. The monoisotopic (exact) mass is 336 g/mol. The van der Waals surface area contributed by atoms with Crippen LogP contribution in [-0.4, -0.2) is 30.2 Å². The molecule has 0 bridgehead atoms. The molecule has 0 radical (unpaired) electrons. The molecule has 0 spiro atoms. The molecule has 8 heteroatoms. The maximum Gasteiger partial charge on any atom is 0.286 e. The van der Waals surface area contributed by atoms with Gasteiger partial charge in [-0.05, 0) is 77.8 Å². The predicted octanol–water partition coefficient (Wildman–Crippen LogP) is 1.56. The van der Waals surface area contributed by atoms with Gasteiger partial charge in [-0.25, -0.2) is 0 Å². The van der Waals surface area contributed by atoms with E-state index in [9.17, 15) is 0 Å². The molecular weight excluding hydrogens is 304 g/mol. The number of hydrogen-bond acceptors (Lipinski definition) is 4. The SMILES string of the molecule is CC(C)n1nc[n+](C(C)(C)CCC(C)(C)[n+]2cnn(C(C)C)n2)n1. The minimum atomic E-state index is -0.112. The molecule has 2 rings (SSSR count). The van der Waals surface area contributed by atoms with Gasteiger partial charge in [0.25, 0.3) is 12.7 Å². The van der Waals surface area contributed by atoms with Crippen LogP contribution in [0.3, 0.4) is 0 Å². The van der Waals surface area contributed by atoms with E-state index in [1.165, 1.54) is 0 Å². The summed E-state index contributed by atoms with van der Waals surface area (Å²) >= 11 is 0. The molecule has 2 heterocycles. The second-order valence-electron chi connectivity index (χ2n) is 8.28. The fraction of sp³-hybridized carbons (Fsp3) is 0.875. The Bertz CT molecular complexity index is 607. The molecule has 8 nitrogen and oxygen atoms in total. The van der Waals surface area contributed by atoms with E-state index >= 15 is 0 Å². The summed E-state index contributed by atoms with van der Waals surface area (Å²) in [4.78, 5) is 3.49. The Morgan fingerprint density at radius 2 is 1.08 bits per heavy atom. The minimum absolute atomic E-state index is 0.112. The van der Waals surface area contributed by atoms with Crippen LogP contribution in [0, 0.1) is 0 Å². The largest absolute Gasteiger partial charge is 0.286 e. The average molecular weight is 336 g/mol. The molecule has 0 saturated heterocycles. The Morgan fingerprint density at radius 1 is 0.750 bits per heavy atom. The van der Waals surface area contributed by atoms with Gasteiger partial charge in [0.1, 0.15) is 23.2 Å². The molecule has 0 saturated carbocycles. The predicted molar refractivity (Wildman–Crippen MR) is 89.1 cm³/mol. The van der Waals surface area contributed by atoms with Crippen molar-refractivity contribution in [3.8, 4) is 0 Å². The summed E-state index contributed by atoms with van der Waals surface area (Å²) in [6.45, 7) is 17.1. The summed E-state index contributed by atoms with van der Waals surface area (Å²) in [6, 6.07) is 0.528. The molecule has 0 aliphatic carbocycles. The van der Waals surface area contributed by atoms with Crippen LogP contribution in [-0.2, 0) is 11.1 Å². The van der Waals surface area contributed by atoms with Crippen molar-refractivity contribution in [1.82, 2.24) is 30.2 Å². The van der Waals surface area contributed by atoms with E-state index in [0.717, 1.165) is 12.8 Å². The van der Waals surface area contributed by atoms with Gasteiger partial charge in [0.2, 0.25) is 0 Å². The van der Waals surface area contributed by atoms with E-state index in [1.54, 1.807) is 9.59 Å². The van der Waals surface area contributed by atoms with Gasteiger partial charge in [-0.15, -0.1) is 9.36 Å². The van der Waals surface area contributed by atoms with Crippen molar-refractivity contribution >= 4 is 0 Å². The molecule has 0 unspecified atom stereocenters. The first-order valence-electron chi connectivity index (χ1n) is 8.71. The van der Waals surface area contributed by atoms with E-state index in [1.807, 2.05) is 22.0 Å². The molecule has 0 atom stereocenters. The van der Waals surface area contributed by atoms with Crippen molar-refractivity contribution in [3.63, 3.8) is 0 Å². The number of hydrogen-bond donors (Lipinski definition) is 0. The zero-order valence-corrected chi connectivity index (χ0v) is 16.3. The van der Waals surface area contributed by atoms with Gasteiger partial charge in [-0.2, -0.15) is 0 Å². The van der Waals surface area contributed by atoms with Crippen LogP contribution in [0.1, 0.15) is 80.3 Å². The highest BCUT2D eigenvalue weighted by molar-refractivity contribution is 4.67. The van der Waals surface area contributed by atoms with E-state index in [0.29, 0.717) is 0 Å². The molecule has 0 aromatic carbocycles. The van der Waals surface area contributed by atoms with Crippen molar-refractivity contribution in [2.24, 2.45) is 0 Å². The number of rotatable bonds is 7. The summed E-state index contributed by atoms with van der Waals surface area (Å²) < 4.78 is 3.91. The summed E-state index contributed by atoms with van der Waals surface area (Å²) in [6.07, 6.45) is 5.55. The molecule has 134 valence electrons. The van der Waals surface area contributed by atoms with Gasteiger partial charge in [-0.3, -0.25) is 0 Å². The molecule has 0 aliphatic heterocycles. The van der Waals surface area contributed by atoms with Crippen LogP contribution in [0.25, 0.3) is 0 Å². The normalized spacial score (nSPS) is 13.2. The summed E-state index contributed by atoms with van der Waals surface area (Å²) in [5.74, 6) is 0. The third-order valence-corrected chi connectivity index (χ3v) is 4.45. The quantitative estimate of drug-likeness (QED) is 0.720. The lowest BCUT2D eigenvalue weighted by atomic mass is 9.90. The Labute approximate surface area is 144 Å². The van der Waals surface area contributed by atoms with Crippen molar-refractivity contribution in [2.45, 2.75) is 91.4 Å². The molecule has 0 amide bonds. The zero-order chi connectivity index (χ0) is 18.1. The van der Waals surface area contributed by atoms with E-state index < -0.39 is 0 Å². The van der Waals surface area contributed by atoms with Gasteiger partial charge in [0.15, 0.2) is 0 Å². The molecule has 2 aromatic rings. The van der Waals surface area contributed by atoms with E-state index in [4.69, 9.17) is 0 Å². The van der Waals surface area contributed by atoms with Crippen LogP contribution in [0.4, 0.5) is 0 Å². The number of tetrazole rings is 2. The molecular formula is C16H32N8+2. The first-order chi connectivity index (χ1) is 11.0. The van der Waals surface area contributed by atoms with Crippen LogP contribution in [0.15, 0.2) is 12.7 Å². The highest BCUT2D eigenvalue weighted by atomic mass is 15.6. The Hall–Kier alpha value is -1.86. The van der Waals surface area contributed by atoms with Gasteiger partial charge in [0, 0.05) is 0 Å². The highest BCUT2D eigenvalue weighted by Crippen LogP contribution is 2.22. The number of nitrogens with zero attached hydrogens (tertiary/aromatic N) is 8. The van der Waals surface area contributed by atoms with Gasteiger partial charge < -0.3 is 0 Å². The van der Waals surface area contributed by atoms with Crippen molar-refractivity contribution in [1.29, 1.82) is 0 Å². The fourth-order valence-electron chi connectivity index (χ4n) is 2.36. The topological polar surface area (TPSA) is 69.2 Å². The van der Waals surface area contributed by atoms with Gasteiger partial charge in [-0.1, -0.05) is 0 Å². The van der Waals surface area contributed by atoms with Gasteiger partial charge >= 0.3 is 0 Å². The van der Waals surface area contributed by atoms with Crippen LogP contribution in [0.5, 0.6) is 0 Å². The summed E-state index contributed by atoms with van der Waals surface area (Å²) in [5, 5.41) is 17.8. The van der Waals surface area contributed by atoms with Crippen molar-refractivity contribution in [2.75, 3.05) is 0 Å². The zero-order valence-electron chi connectivity index (χ0n) is 16.3. The van der Waals surface area contributed by atoms with Crippen LogP contribution in [0.2, 0.25) is 0 Å². The minimum Gasteiger partial charge on any atom is -0.134 e. The third kappa shape index (κ3) is 3.96. The van der Waals surface area contributed by atoms with Crippen LogP contribution < -0.4 is 9.36 Å². The van der Waals surface area contributed by atoms with Crippen LogP contribution >= 0.6 is 0 Å². The van der Waals surface area contributed by atoms with E-state index in [-0.39, 0.29) is 23.2 Å². The maximum atomic E-state index is 4.57. The van der Waals surface area contributed by atoms with Gasteiger partial charge in [0.05, 0.1) is 20.6 Å². The first-order valence-corrected chi connectivity index (χ1v) is 8.71. The third-order valence-electron chi connectivity index (χ3n) is 4.45. The average Bonchev–Trinajstić information content (AvgIpc) is 3.15. The fourth-order valence-corrected chi connectivity index (χ4v) is 2.36. The Morgan fingerprint density at radius 3 is 1.33 bits per heavy atom. The van der Waals surface area contributed by atoms with Crippen molar-refractivity contribution in [3.05, 3.63) is 12.7 Å². The smallest absolute Gasteiger partial charge is 0.134 e. The lowest BCUT2D eigenvalue weighted by Gasteiger charge is -2.25. The van der Waals surface area contributed by atoms with Crippen molar-refractivity contribution < 1.29 is 9.36 Å². The second-order valence-corrected chi connectivity index (χ2v) is 8.28. The lowest BCUT2D eigenvalue weighted by Crippen LogP contribution is -2.58. The lowest BCUT2D eigenvalue weighted by molar-refractivity contribution is -0.824. The molecule has 0 N–H and O–H groups in total. The second kappa shape index (κ2) is 6.57. The molecule has 0 aliphatic rings. The number of aromatic nitrogens is 8.